The van der Waals surface area contributed by atoms with Crippen LogP contribution in [0, 0.1) is 0 Å². The van der Waals surface area contributed by atoms with Crippen molar-refractivity contribution in [2.45, 2.75) is 42.2 Å². The van der Waals surface area contributed by atoms with Crippen LogP contribution in [0.15, 0.2) is 76.7 Å². The van der Waals surface area contributed by atoms with E-state index in [1.54, 1.807) is 12.3 Å². The Balaban J connectivity index is 1.72. The molecule has 0 amide bonds. The zero-order valence-electron chi connectivity index (χ0n) is 21.1. The van der Waals surface area contributed by atoms with Crippen molar-refractivity contribution in [3.8, 4) is 0 Å². The Morgan fingerprint density at radius 3 is 2.53 bits per heavy atom. The fourth-order valence-electron chi connectivity index (χ4n) is 3.65. The standard InChI is InChI=1S/C28H31N3O3SSi/c1-33-28(32)22-11-5-6-13-25(22)35-26-14-9-12-24-27(26)23(16-15-21-10-7-8-17-29-21)30-31(24)20-34-18-19-36(2,3)4/h5-17H,18-20H2,1-4H3. The van der Waals surface area contributed by atoms with Crippen LogP contribution in [0.4, 0.5) is 0 Å². The van der Waals surface area contributed by atoms with Crippen LogP contribution >= 0.6 is 11.8 Å². The van der Waals surface area contributed by atoms with Gasteiger partial charge < -0.3 is 9.47 Å². The van der Waals surface area contributed by atoms with Crippen molar-refractivity contribution in [1.29, 1.82) is 0 Å². The summed E-state index contributed by atoms with van der Waals surface area (Å²) in [7, 11) is 0.222. The number of carbonyl (C=O) groups excluding carboxylic acids is 1. The van der Waals surface area contributed by atoms with E-state index < -0.39 is 8.07 Å². The summed E-state index contributed by atoms with van der Waals surface area (Å²) in [5.74, 6) is -0.355. The molecule has 0 atom stereocenters. The lowest BCUT2D eigenvalue weighted by molar-refractivity contribution is 0.0596. The van der Waals surface area contributed by atoms with Crippen molar-refractivity contribution in [3.05, 3.63) is 83.8 Å². The molecule has 0 saturated carbocycles. The summed E-state index contributed by atoms with van der Waals surface area (Å²) in [4.78, 5) is 18.6. The zero-order chi connectivity index (χ0) is 25.5. The molecule has 186 valence electrons. The average Bonchev–Trinajstić information content (AvgIpc) is 3.24. The molecule has 2 heterocycles. The molecular formula is C28H31N3O3SSi. The summed E-state index contributed by atoms with van der Waals surface area (Å²) in [5, 5.41) is 5.90. The van der Waals surface area contributed by atoms with Crippen LogP contribution in [0.3, 0.4) is 0 Å². The molecule has 0 saturated heterocycles. The van der Waals surface area contributed by atoms with E-state index in [0.717, 1.165) is 44.7 Å². The van der Waals surface area contributed by atoms with Crippen LogP contribution in [0.25, 0.3) is 23.1 Å². The number of pyridine rings is 1. The van der Waals surface area contributed by atoms with Crippen molar-refractivity contribution in [1.82, 2.24) is 14.8 Å². The van der Waals surface area contributed by atoms with Gasteiger partial charge in [-0.25, -0.2) is 9.48 Å². The molecule has 4 rings (SSSR count). The van der Waals surface area contributed by atoms with Crippen molar-refractivity contribution >= 4 is 48.9 Å². The Morgan fingerprint density at radius 1 is 1.00 bits per heavy atom. The maximum Gasteiger partial charge on any atom is 0.339 e. The fourth-order valence-corrected chi connectivity index (χ4v) is 5.51. The van der Waals surface area contributed by atoms with Crippen molar-refractivity contribution in [2.24, 2.45) is 0 Å². The number of esters is 1. The molecule has 0 fully saturated rings. The van der Waals surface area contributed by atoms with Gasteiger partial charge in [0.05, 0.1) is 29.6 Å². The number of methoxy groups -OCH3 is 1. The summed E-state index contributed by atoms with van der Waals surface area (Å²) in [6, 6.07) is 20.5. The Bertz CT molecular complexity index is 1360. The van der Waals surface area contributed by atoms with E-state index in [4.69, 9.17) is 14.6 Å². The first kappa shape index (κ1) is 25.9. The lowest BCUT2D eigenvalue weighted by Crippen LogP contribution is -2.22. The van der Waals surface area contributed by atoms with Gasteiger partial charge in [-0.1, -0.05) is 55.7 Å². The molecular weight excluding hydrogens is 486 g/mol. The molecule has 0 unspecified atom stereocenters. The molecule has 6 nitrogen and oxygen atoms in total. The van der Waals surface area contributed by atoms with Gasteiger partial charge in [0.2, 0.25) is 0 Å². The Labute approximate surface area is 217 Å². The van der Waals surface area contributed by atoms with Gasteiger partial charge in [-0.05, 0) is 54.6 Å². The van der Waals surface area contributed by atoms with E-state index >= 15 is 0 Å². The second-order valence-corrected chi connectivity index (χ2v) is 16.3. The highest BCUT2D eigenvalue weighted by atomic mass is 32.2. The number of aromatic nitrogens is 3. The first-order valence-corrected chi connectivity index (χ1v) is 16.4. The van der Waals surface area contributed by atoms with Crippen molar-refractivity contribution in [3.63, 3.8) is 0 Å². The first-order chi connectivity index (χ1) is 17.4. The van der Waals surface area contributed by atoms with E-state index in [1.165, 1.54) is 18.9 Å². The summed E-state index contributed by atoms with van der Waals surface area (Å²) in [5.41, 5.74) is 3.19. The molecule has 4 aromatic rings. The zero-order valence-corrected chi connectivity index (χ0v) is 22.9. The molecule has 8 heteroatoms. The summed E-state index contributed by atoms with van der Waals surface area (Å²) < 4.78 is 12.9. The topological polar surface area (TPSA) is 66.2 Å². The normalized spacial score (nSPS) is 11.9. The smallest absolute Gasteiger partial charge is 0.339 e. The molecule has 0 aliphatic rings. The van der Waals surface area contributed by atoms with Gasteiger partial charge in [0, 0.05) is 36.1 Å². The largest absolute Gasteiger partial charge is 0.465 e. The number of fused-ring (bicyclic) bond motifs is 1. The van der Waals surface area contributed by atoms with E-state index in [0.29, 0.717) is 12.3 Å². The van der Waals surface area contributed by atoms with Gasteiger partial charge in [-0.2, -0.15) is 5.10 Å². The Morgan fingerprint density at radius 2 is 1.78 bits per heavy atom. The lowest BCUT2D eigenvalue weighted by Gasteiger charge is -2.15. The predicted molar refractivity (Wildman–Crippen MR) is 149 cm³/mol. The minimum atomic E-state index is -1.18. The second-order valence-electron chi connectivity index (χ2n) is 9.56. The van der Waals surface area contributed by atoms with Crippen LogP contribution < -0.4 is 0 Å². The monoisotopic (exact) mass is 517 g/mol. The molecule has 0 aliphatic carbocycles. The maximum absolute atomic E-state index is 12.4. The van der Waals surface area contributed by atoms with Crippen molar-refractivity contribution < 1.29 is 14.3 Å². The van der Waals surface area contributed by atoms with E-state index in [-0.39, 0.29) is 5.97 Å². The SMILES string of the molecule is COC(=O)c1ccccc1Sc1cccc2c1c(C=Cc1ccccn1)nn2COCC[Si](C)(C)C. The van der Waals surface area contributed by atoms with Gasteiger partial charge in [-0.15, -0.1) is 0 Å². The number of hydrogen-bond acceptors (Lipinski definition) is 6. The minimum absolute atomic E-state index is 0.355. The average molecular weight is 518 g/mol. The van der Waals surface area contributed by atoms with Gasteiger partial charge in [0.15, 0.2) is 0 Å². The summed E-state index contributed by atoms with van der Waals surface area (Å²) in [6.07, 6.45) is 5.72. The van der Waals surface area contributed by atoms with E-state index in [9.17, 15) is 4.79 Å². The fraction of sp³-hybridized carbons (Fsp3) is 0.250. The third kappa shape index (κ3) is 6.51. The molecule has 0 N–H and O–H groups in total. The number of hydrogen-bond donors (Lipinski definition) is 0. The Kier molecular flexibility index (Phi) is 8.40. The molecule has 0 aliphatic heterocycles. The quantitative estimate of drug-likeness (QED) is 0.130. The minimum Gasteiger partial charge on any atom is -0.465 e. The molecule has 0 spiro atoms. The summed E-state index contributed by atoms with van der Waals surface area (Å²) in [6.45, 7) is 8.13. The number of nitrogens with zero attached hydrogens (tertiary/aromatic N) is 3. The van der Waals surface area contributed by atoms with Crippen LogP contribution in [0.5, 0.6) is 0 Å². The van der Waals surface area contributed by atoms with Crippen LogP contribution in [0.2, 0.25) is 25.7 Å². The molecule has 0 bridgehead atoms. The molecule has 36 heavy (non-hydrogen) atoms. The maximum atomic E-state index is 12.4. The van der Waals surface area contributed by atoms with Gasteiger partial charge in [-0.3, -0.25) is 4.98 Å². The molecule has 2 aromatic carbocycles. The third-order valence-electron chi connectivity index (χ3n) is 5.59. The predicted octanol–water partition coefficient (Wildman–Crippen LogP) is 6.85. The van der Waals surface area contributed by atoms with Gasteiger partial charge in [0.25, 0.3) is 0 Å². The highest BCUT2D eigenvalue weighted by molar-refractivity contribution is 7.99. The Hall–Kier alpha value is -3.20. The van der Waals surface area contributed by atoms with E-state index in [2.05, 4.69) is 36.8 Å². The highest BCUT2D eigenvalue weighted by Crippen LogP contribution is 2.37. The summed E-state index contributed by atoms with van der Waals surface area (Å²) >= 11 is 1.53. The van der Waals surface area contributed by atoms with Crippen LogP contribution in [-0.2, 0) is 16.2 Å². The number of ether oxygens (including phenoxy) is 2. The molecule has 2 aromatic heterocycles. The number of benzene rings is 2. The second kappa shape index (κ2) is 11.7. The first-order valence-electron chi connectivity index (χ1n) is 11.9. The highest BCUT2D eigenvalue weighted by Gasteiger charge is 2.18. The number of rotatable bonds is 10. The van der Waals surface area contributed by atoms with Crippen molar-refractivity contribution in [2.75, 3.05) is 13.7 Å². The molecule has 0 radical (unpaired) electrons. The third-order valence-corrected chi connectivity index (χ3v) is 8.43. The lowest BCUT2D eigenvalue weighted by atomic mass is 10.2. The van der Waals surface area contributed by atoms with Crippen LogP contribution in [0.1, 0.15) is 21.7 Å². The van der Waals surface area contributed by atoms with Crippen LogP contribution in [-0.4, -0.2) is 42.5 Å². The van der Waals surface area contributed by atoms with Gasteiger partial charge in [0.1, 0.15) is 6.73 Å². The van der Waals surface area contributed by atoms with E-state index in [1.807, 2.05) is 59.3 Å². The number of carbonyl (C=O) groups is 1. The van der Waals surface area contributed by atoms with Gasteiger partial charge >= 0.3 is 5.97 Å².